The van der Waals surface area contributed by atoms with Gasteiger partial charge in [-0.25, -0.2) is 0 Å². The number of nitrogens with zero attached hydrogens (tertiary/aromatic N) is 2. The van der Waals surface area contributed by atoms with E-state index in [4.69, 9.17) is 15.2 Å². The number of nitrogens with one attached hydrogen (secondary N) is 1. The minimum atomic E-state index is -0.274. The molecule has 0 saturated carbocycles. The molecule has 0 aliphatic heterocycles. The standard InChI is InChI=1S/C26H30N4O3/c1-16-12-21(27)22(13-17(16)2)29-25(31)8-7-19-15-28-10-9-23(19)30(4)20-11-18(3)26(33-6)24(14-20)32-5/h7-15H,27H2,1-6H3,(H,29,31)/b8-7+. The van der Waals surface area contributed by atoms with Gasteiger partial charge in [0, 0.05) is 42.8 Å². The molecule has 33 heavy (non-hydrogen) atoms. The van der Waals surface area contributed by atoms with Crippen LogP contribution in [0.25, 0.3) is 6.08 Å². The molecule has 0 saturated heterocycles. The molecule has 0 aliphatic rings. The van der Waals surface area contributed by atoms with Crippen LogP contribution < -0.4 is 25.4 Å². The highest BCUT2D eigenvalue weighted by molar-refractivity contribution is 6.04. The summed E-state index contributed by atoms with van der Waals surface area (Å²) >= 11 is 0. The summed E-state index contributed by atoms with van der Waals surface area (Å²) in [5.74, 6) is 1.08. The molecule has 3 rings (SSSR count). The summed E-state index contributed by atoms with van der Waals surface area (Å²) in [4.78, 5) is 18.8. The number of nitrogens with two attached hydrogens (primary N) is 1. The van der Waals surface area contributed by atoms with Gasteiger partial charge in [0.1, 0.15) is 0 Å². The number of aromatic nitrogens is 1. The smallest absolute Gasteiger partial charge is 0.248 e. The van der Waals surface area contributed by atoms with Gasteiger partial charge in [0.2, 0.25) is 5.91 Å². The van der Waals surface area contributed by atoms with Crippen molar-refractivity contribution in [3.05, 3.63) is 71.1 Å². The Morgan fingerprint density at radius 1 is 1.06 bits per heavy atom. The number of hydrogen-bond donors (Lipinski definition) is 2. The molecule has 0 spiro atoms. The van der Waals surface area contributed by atoms with E-state index in [9.17, 15) is 4.79 Å². The van der Waals surface area contributed by atoms with Gasteiger partial charge in [0.15, 0.2) is 11.5 Å². The van der Waals surface area contributed by atoms with Crippen molar-refractivity contribution in [2.45, 2.75) is 20.8 Å². The predicted molar refractivity (Wildman–Crippen MR) is 135 cm³/mol. The molecule has 172 valence electrons. The number of amides is 1. The van der Waals surface area contributed by atoms with E-state index in [2.05, 4.69) is 10.3 Å². The van der Waals surface area contributed by atoms with Crippen LogP contribution in [-0.2, 0) is 4.79 Å². The Morgan fingerprint density at radius 3 is 2.48 bits per heavy atom. The molecule has 3 N–H and O–H groups in total. The molecule has 7 heteroatoms. The summed E-state index contributed by atoms with van der Waals surface area (Å²) in [5.41, 5.74) is 12.9. The van der Waals surface area contributed by atoms with Crippen LogP contribution in [0.4, 0.5) is 22.7 Å². The number of hydrogen-bond acceptors (Lipinski definition) is 6. The van der Waals surface area contributed by atoms with Crippen LogP contribution in [0.2, 0.25) is 0 Å². The summed E-state index contributed by atoms with van der Waals surface area (Å²) in [6, 6.07) is 9.55. The Labute approximate surface area is 194 Å². The van der Waals surface area contributed by atoms with Gasteiger partial charge in [-0.15, -0.1) is 0 Å². The van der Waals surface area contributed by atoms with E-state index in [-0.39, 0.29) is 5.91 Å². The zero-order valence-corrected chi connectivity index (χ0v) is 19.9. The summed E-state index contributed by atoms with van der Waals surface area (Å²) in [6.45, 7) is 5.93. The number of pyridine rings is 1. The van der Waals surface area contributed by atoms with Gasteiger partial charge in [0.25, 0.3) is 0 Å². The molecular formula is C26H30N4O3. The normalized spacial score (nSPS) is 10.8. The maximum Gasteiger partial charge on any atom is 0.248 e. The molecule has 0 bridgehead atoms. The Kier molecular flexibility index (Phi) is 7.23. The Morgan fingerprint density at radius 2 is 1.79 bits per heavy atom. The van der Waals surface area contributed by atoms with E-state index in [1.165, 1.54) is 6.08 Å². The maximum atomic E-state index is 12.6. The molecule has 0 unspecified atom stereocenters. The third-order valence-electron chi connectivity index (χ3n) is 5.56. The van der Waals surface area contributed by atoms with Crippen LogP contribution in [0.15, 0.2) is 48.8 Å². The lowest BCUT2D eigenvalue weighted by molar-refractivity contribution is -0.111. The summed E-state index contributed by atoms with van der Waals surface area (Å²) < 4.78 is 10.9. The second-order valence-electron chi connectivity index (χ2n) is 7.84. The molecule has 7 nitrogen and oxygen atoms in total. The first-order valence-electron chi connectivity index (χ1n) is 10.5. The highest BCUT2D eigenvalue weighted by atomic mass is 16.5. The van der Waals surface area contributed by atoms with Crippen LogP contribution in [0.3, 0.4) is 0 Å². The number of nitrogen functional groups attached to an aromatic ring is 1. The van der Waals surface area contributed by atoms with Crippen LogP contribution >= 0.6 is 0 Å². The summed E-state index contributed by atoms with van der Waals surface area (Å²) in [5, 5.41) is 2.85. The van der Waals surface area contributed by atoms with Gasteiger partial charge < -0.3 is 25.4 Å². The van der Waals surface area contributed by atoms with E-state index in [1.54, 1.807) is 32.7 Å². The fourth-order valence-electron chi connectivity index (χ4n) is 3.59. The van der Waals surface area contributed by atoms with Crippen molar-refractivity contribution in [3.63, 3.8) is 0 Å². The molecule has 2 aromatic carbocycles. The second-order valence-corrected chi connectivity index (χ2v) is 7.84. The molecular weight excluding hydrogens is 416 g/mol. The van der Waals surface area contributed by atoms with Crippen molar-refractivity contribution in [2.24, 2.45) is 0 Å². The van der Waals surface area contributed by atoms with E-state index < -0.39 is 0 Å². The lowest BCUT2D eigenvalue weighted by atomic mass is 10.1. The number of carbonyl (C=O) groups excluding carboxylic acids is 1. The average molecular weight is 447 g/mol. The topological polar surface area (TPSA) is 89.7 Å². The largest absolute Gasteiger partial charge is 0.493 e. The number of ether oxygens (including phenoxy) is 2. The van der Waals surface area contributed by atoms with Crippen LogP contribution in [0.1, 0.15) is 22.3 Å². The quantitative estimate of drug-likeness (QED) is 0.391. The third-order valence-corrected chi connectivity index (χ3v) is 5.56. The molecule has 0 fully saturated rings. The van der Waals surface area contributed by atoms with Crippen molar-refractivity contribution < 1.29 is 14.3 Å². The van der Waals surface area contributed by atoms with E-state index in [0.29, 0.717) is 22.9 Å². The fraction of sp³-hybridized carbons (Fsp3) is 0.231. The molecule has 3 aromatic rings. The number of anilines is 4. The highest BCUT2D eigenvalue weighted by Crippen LogP contribution is 2.37. The monoisotopic (exact) mass is 446 g/mol. The van der Waals surface area contributed by atoms with Crippen LogP contribution in [-0.4, -0.2) is 32.2 Å². The Hall–Kier alpha value is -4.00. The average Bonchev–Trinajstić information content (AvgIpc) is 2.80. The number of carbonyl (C=O) groups is 1. The van der Waals surface area contributed by atoms with E-state index in [1.807, 2.05) is 63.1 Å². The first-order chi connectivity index (χ1) is 15.7. The van der Waals surface area contributed by atoms with Gasteiger partial charge in [-0.3, -0.25) is 9.78 Å². The van der Waals surface area contributed by atoms with E-state index >= 15 is 0 Å². The lowest BCUT2D eigenvalue weighted by Gasteiger charge is -2.23. The van der Waals surface area contributed by atoms with Crippen LogP contribution in [0.5, 0.6) is 11.5 Å². The first-order valence-corrected chi connectivity index (χ1v) is 10.5. The summed E-state index contributed by atoms with van der Waals surface area (Å²) in [7, 11) is 5.18. The molecule has 1 heterocycles. The highest BCUT2D eigenvalue weighted by Gasteiger charge is 2.14. The van der Waals surface area contributed by atoms with Gasteiger partial charge in [-0.05, 0) is 67.8 Å². The molecule has 1 aromatic heterocycles. The molecule has 0 atom stereocenters. The zero-order chi connectivity index (χ0) is 24.1. The minimum absolute atomic E-state index is 0.274. The fourth-order valence-corrected chi connectivity index (χ4v) is 3.59. The third kappa shape index (κ3) is 5.26. The minimum Gasteiger partial charge on any atom is -0.493 e. The molecule has 0 radical (unpaired) electrons. The summed E-state index contributed by atoms with van der Waals surface area (Å²) in [6.07, 6.45) is 6.64. The SMILES string of the molecule is COc1cc(N(C)c2ccncc2/C=C/C(=O)Nc2cc(C)c(C)cc2N)cc(C)c1OC. The Balaban J connectivity index is 1.86. The predicted octanol–water partition coefficient (Wildman–Crippen LogP) is 5.03. The van der Waals surface area contributed by atoms with Crippen molar-refractivity contribution in [1.29, 1.82) is 0 Å². The number of rotatable bonds is 7. The van der Waals surface area contributed by atoms with Crippen molar-refractivity contribution in [3.8, 4) is 11.5 Å². The van der Waals surface area contributed by atoms with Crippen molar-refractivity contribution >= 4 is 34.7 Å². The lowest BCUT2D eigenvalue weighted by Crippen LogP contribution is -2.12. The number of methoxy groups -OCH3 is 2. The molecule has 0 aliphatic carbocycles. The van der Waals surface area contributed by atoms with Gasteiger partial charge in [0.05, 0.1) is 31.3 Å². The van der Waals surface area contributed by atoms with Crippen molar-refractivity contribution in [1.82, 2.24) is 4.98 Å². The number of benzene rings is 2. The number of aryl methyl sites for hydroxylation is 3. The molecule has 1 amide bonds. The van der Waals surface area contributed by atoms with E-state index in [0.717, 1.165) is 33.6 Å². The van der Waals surface area contributed by atoms with Crippen molar-refractivity contribution in [2.75, 3.05) is 37.2 Å². The Bertz CT molecular complexity index is 1200. The first kappa shape index (κ1) is 23.7. The van der Waals surface area contributed by atoms with Gasteiger partial charge >= 0.3 is 0 Å². The zero-order valence-electron chi connectivity index (χ0n) is 19.9. The van der Waals surface area contributed by atoms with Crippen LogP contribution in [0, 0.1) is 20.8 Å². The second kappa shape index (κ2) is 10.1. The maximum absolute atomic E-state index is 12.6. The van der Waals surface area contributed by atoms with Gasteiger partial charge in [-0.1, -0.05) is 0 Å². The van der Waals surface area contributed by atoms with Gasteiger partial charge in [-0.2, -0.15) is 0 Å².